The van der Waals surface area contributed by atoms with Crippen LogP contribution in [0.3, 0.4) is 0 Å². The summed E-state index contributed by atoms with van der Waals surface area (Å²) in [5, 5.41) is 0.748. The molecule has 3 aromatic rings. The van der Waals surface area contributed by atoms with Crippen LogP contribution in [0, 0.1) is 5.82 Å². The summed E-state index contributed by atoms with van der Waals surface area (Å²) in [6.45, 7) is 0. The normalized spacial score (nSPS) is 11.2. The van der Waals surface area contributed by atoms with Crippen LogP contribution in [-0.2, 0) is 7.05 Å². The molecule has 2 aromatic heterocycles. The Morgan fingerprint density at radius 2 is 2.12 bits per heavy atom. The fourth-order valence-electron chi connectivity index (χ4n) is 1.86. The van der Waals surface area contributed by atoms with Crippen molar-refractivity contribution in [3.8, 4) is 10.7 Å². The molecule has 2 heterocycles. The standard InChI is InChI=1S/C12H10FN3S/c1-16-9-6-7(13)2-3-8(9)15-12(16)10-4-5-11(14)17-10/h2-6H,14H2,1H3. The van der Waals surface area contributed by atoms with E-state index in [9.17, 15) is 4.39 Å². The summed E-state index contributed by atoms with van der Waals surface area (Å²) >= 11 is 1.48. The average Bonchev–Trinajstić information content (AvgIpc) is 2.84. The Balaban J connectivity index is 2.27. The Morgan fingerprint density at radius 3 is 2.82 bits per heavy atom. The summed E-state index contributed by atoms with van der Waals surface area (Å²) in [6.07, 6.45) is 0. The SMILES string of the molecule is Cn1c(-c2ccc(N)s2)nc2ccc(F)cc21. The Morgan fingerprint density at radius 1 is 1.29 bits per heavy atom. The lowest BCUT2D eigenvalue weighted by atomic mass is 10.3. The molecule has 3 nitrogen and oxygen atoms in total. The van der Waals surface area contributed by atoms with Gasteiger partial charge in [0.25, 0.3) is 0 Å². The summed E-state index contributed by atoms with van der Waals surface area (Å²) in [6, 6.07) is 8.37. The number of thiophene rings is 1. The molecule has 3 rings (SSSR count). The van der Waals surface area contributed by atoms with E-state index in [2.05, 4.69) is 4.98 Å². The molecule has 0 unspecified atom stereocenters. The molecule has 5 heteroatoms. The van der Waals surface area contributed by atoms with Crippen LogP contribution in [0.4, 0.5) is 9.39 Å². The van der Waals surface area contributed by atoms with Gasteiger partial charge in [-0.1, -0.05) is 0 Å². The minimum Gasteiger partial charge on any atom is -0.391 e. The number of rotatable bonds is 1. The van der Waals surface area contributed by atoms with Crippen LogP contribution in [0.5, 0.6) is 0 Å². The summed E-state index contributed by atoms with van der Waals surface area (Å²) in [5.41, 5.74) is 7.28. The monoisotopic (exact) mass is 247 g/mol. The van der Waals surface area contributed by atoms with Crippen LogP contribution >= 0.6 is 11.3 Å². The molecule has 0 aliphatic carbocycles. The van der Waals surface area contributed by atoms with Crippen LogP contribution in [0.2, 0.25) is 0 Å². The Kier molecular flexibility index (Phi) is 2.16. The molecule has 0 fully saturated rings. The number of aromatic nitrogens is 2. The van der Waals surface area contributed by atoms with Crippen LogP contribution < -0.4 is 5.73 Å². The third-order valence-corrected chi connectivity index (χ3v) is 3.60. The lowest BCUT2D eigenvalue weighted by Crippen LogP contribution is -1.90. The number of nitrogen functional groups attached to an aromatic ring is 1. The van der Waals surface area contributed by atoms with Crippen molar-refractivity contribution >= 4 is 27.4 Å². The van der Waals surface area contributed by atoms with E-state index in [0.29, 0.717) is 0 Å². The van der Waals surface area contributed by atoms with E-state index in [0.717, 1.165) is 26.7 Å². The molecule has 0 amide bonds. The van der Waals surface area contributed by atoms with Crippen LogP contribution in [0.1, 0.15) is 0 Å². The highest BCUT2D eigenvalue weighted by Gasteiger charge is 2.11. The molecular weight excluding hydrogens is 237 g/mol. The number of anilines is 1. The molecule has 0 saturated carbocycles. The maximum absolute atomic E-state index is 13.2. The van der Waals surface area contributed by atoms with Crippen molar-refractivity contribution in [2.45, 2.75) is 0 Å². The van der Waals surface area contributed by atoms with E-state index < -0.39 is 0 Å². The lowest BCUT2D eigenvalue weighted by molar-refractivity contribution is 0.629. The number of fused-ring (bicyclic) bond motifs is 1. The van der Waals surface area contributed by atoms with Gasteiger partial charge >= 0.3 is 0 Å². The van der Waals surface area contributed by atoms with Gasteiger partial charge in [-0.05, 0) is 30.3 Å². The number of nitrogens with zero attached hydrogens (tertiary/aromatic N) is 2. The molecule has 17 heavy (non-hydrogen) atoms. The van der Waals surface area contributed by atoms with Crippen LogP contribution in [-0.4, -0.2) is 9.55 Å². The predicted molar refractivity (Wildman–Crippen MR) is 68.4 cm³/mol. The van der Waals surface area contributed by atoms with Crippen molar-refractivity contribution in [1.29, 1.82) is 0 Å². The van der Waals surface area contributed by atoms with Gasteiger partial charge in [0.2, 0.25) is 0 Å². The second-order valence-electron chi connectivity index (χ2n) is 3.83. The largest absolute Gasteiger partial charge is 0.391 e. The van der Waals surface area contributed by atoms with Crippen LogP contribution in [0.25, 0.3) is 21.7 Å². The van der Waals surface area contributed by atoms with E-state index in [1.165, 1.54) is 23.5 Å². The Labute approximate surface area is 101 Å². The van der Waals surface area contributed by atoms with Crippen molar-refractivity contribution in [3.63, 3.8) is 0 Å². The van der Waals surface area contributed by atoms with E-state index >= 15 is 0 Å². The quantitative estimate of drug-likeness (QED) is 0.718. The maximum atomic E-state index is 13.2. The molecule has 0 bridgehead atoms. The smallest absolute Gasteiger partial charge is 0.151 e. The van der Waals surface area contributed by atoms with Gasteiger partial charge in [-0.3, -0.25) is 0 Å². The fourth-order valence-corrected chi connectivity index (χ4v) is 2.66. The fraction of sp³-hybridized carbons (Fsp3) is 0.0833. The number of nitrogens with two attached hydrogens (primary N) is 1. The zero-order valence-corrected chi connectivity index (χ0v) is 9.96. The van der Waals surface area contributed by atoms with Crippen molar-refractivity contribution in [2.75, 3.05) is 5.73 Å². The first-order chi connectivity index (χ1) is 8.15. The van der Waals surface area contributed by atoms with E-state index in [1.54, 1.807) is 6.07 Å². The molecule has 0 aliphatic rings. The second kappa shape index (κ2) is 3.56. The lowest BCUT2D eigenvalue weighted by Gasteiger charge is -1.98. The molecule has 86 valence electrons. The number of aryl methyl sites for hydroxylation is 1. The maximum Gasteiger partial charge on any atom is 0.151 e. The molecule has 0 saturated heterocycles. The van der Waals surface area contributed by atoms with Gasteiger partial charge in [0.05, 0.1) is 20.9 Å². The van der Waals surface area contributed by atoms with E-state index in [4.69, 9.17) is 5.73 Å². The topological polar surface area (TPSA) is 43.8 Å². The van der Waals surface area contributed by atoms with Crippen molar-refractivity contribution in [2.24, 2.45) is 7.05 Å². The third kappa shape index (κ3) is 1.59. The number of hydrogen-bond donors (Lipinski definition) is 1. The number of halogens is 1. The molecule has 2 N–H and O–H groups in total. The van der Waals surface area contributed by atoms with Crippen molar-refractivity contribution in [3.05, 3.63) is 36.1 Å². The second-order valence-corrected chi connectivity index (χ2v) is 4.94. The first-order valence-corrected chi connectivity index (χ1v) is 5.94. The molecule has 0 radical (unpaired) electrons. The first kappa shape index (κ1) is 10.3. The Bertz CT molecular complexity index is 699. The minimum atomic E-state index is -0.252. The number of hydrogen-bond acceptors (Lipinski definition) is 3. The van der Waals surface area contributed by atoms with Gasteiger partial charge < -0.3 is 10.3 Å². The average molecular weight is 247 g/mol. The minimum absolute atomic E-state index is 0.252. The summed E-state index contributed by atoms with van der Waals surface area (Å²) in [4.78, 5) is 5.48. The first-order valence-electron chi connectivity index (χ1n) is 5.13. The van der Waals surface area contributed by atoms with Crippen LogP contribution in [0.15, 0.2) is 30.3 Å². The van der Waals surface area contributed by atoms with Gasteiger partial charge in [0.1, 0.15) is 5.82 Å². The van der Waals surface area contributed by atoms with Crippen molar-refractivity contribution in [1.82, 2.24) is 9.55 Å². The highest BCUT2D eigenvalue weighted by atomic mass is 32.1. The summed E-state index contributed by atoms with van der Waals surface area (Å²) < 4.78 is 15.1. The highest BCUT2D eigenvalue weighted by Crippen LogP contribution is 2.30. The summed E-state index contributed by atoms with van der Waals surface area (Å²) in [5.74, 6) is 0.560. The van der Waals surface area contributed by atoms with Gasteiger partial charge in [-0.2, -0.15) is 0 Å². The summed E-state index contributed by atoms with van der Waals surface area (Å²) in [7, 11) is 1.88. The van der Waals surface area contributed by atoms with Gasteiger partial charge in [0.15, 0.2) is 5.82 Å². The number of imidazole rings is 1. The zero-order chi connectivity index (χ0) is 12.0. The van der Waals surface area contributed by atoms with E-state index in [1.807, 2.05) is 23.7 Å². The van der Waals surface area contributed by atoms with Gasteiger partial charge in [-0.25, -0.2) is 9.37 Å². The third-order valence-electron chi connectivity index (χ3n) is 2.69. The Hall–Kier alpha value is -1.88. The molecular formula is C12H10FN3S. The predicted octanol–water partition coefficient (Wildman–Crippen LogP) is 3.02. The van der Waals surface area contributed by atoms with E-state index in [-0.39, 0.29) is 5.82 Å². The number of benzene rings is 1. The molecule has 0 aliphatic heterocycles. The zero-order valence-electron chi connectivity index (χ0n) is 9.14. The van der Waals surface area contributed by atoms with Gasteiger partial charge in [-0.15, -0.1) is 11.3 Å². The molecule has 0 spiro atoms. The van der Waals surface area contributed by atoms with Crippen molar-refractivity contribution < 1.29 is 4.39 Å². The molecule has 1 aromatic carbocycles. The van der Waals surface area contributed by atoms with Gasteiger partial charge in [0, 0.05) is 7.05 Å². The highest BCUT2D eigenvalue weighted by molar-refractivity contribution is 7.19. The molecule has 0 atom stereocenters.